The molecule has 11 heteroatoms. The van der Waals surface area contributed by atoms with Gasteiger partial charge in [0.2, 0.25) is 5.91 Å². The van der Waals surface area contributed by atoms with Crippen molar-refractivity contribution in [2.24, 2.45) is 0 Å². The number of nitrogens with one attached hydrogen (secondary N) is 1. The lowest BCUT2D eigenvalue weighted by molar-refractivity contribution is -0.121. The Kier molecular flexibility index (Phi) is 12.5. The number of ether oxygens (including phenoxy) is 2. The second-order valence-electron chi connectivity index (χ2n) is 13.8. The summed E-state index contributed by atoms with van der Waals surface area (Å²) in [7, 11) is 3.21. The molecule has 0 atom stereocenters. The van der Waals surface area contributed by atoms with Crippen molar-refractivity contribution in [1.82, 2.24) is 15.6 Å². The van der Waals surface area contributed by atoms with Crippen molar-refractivity contribution in [3.05, 3.63) is 155 Å². The van der Waals surface area contributed by atoms with Crippen molar-refractivity contribution >= 4 is 11.7 Å². The number of aliphatic hydroxyl groups excluding tert-OH is 2. The molecule has 5 aromatic carbocycles. The van der Waals surface area contributed by atoms with Gasteiger partial charge in [-0.2, -0.15) is 0 Å². The zero-order chi connectivity index (χ0) is 40.4. The lowest BCUT2D eigenvalue weighted by atomic mass is 9.95. The van der Waals surface area contributed by atoms with Gasteiger partial charge >= 0.3 is 0 Å². The molecule has 2 aromatic heterocycles. The van der Waals surface area contributed by atoms with Gasteiger partial charge in [-0.05, 0) is 76.2 Å². The van der Waals surface area contributed by atoms with Crippen molar-refractivity contribution in [1.29, 1.82) is 0 Å². The first-order valence-corrected chi connectivity index (χ1v) is 18.9. The van der Waals surface area contributed by atoms with Crippen molar-refractivity contribution in [3.8, 4) is 56.3 Å². The summed E-state index contributed by atoms with van der Waals surface area (Å²) >= 11 is 0. The van der Waals surface area contributed by atoms with Crippen molar-refractivity contribution in [2.45, 2.75) is 45.4 Å². The Labute approximate surface area is 335 Å². The molecular formula is C47H43N3O8. The quantitative estimate of drug-likeness (QED) is 0.0830. The van der Waals surface area contributed by atoms with Crippen LogP contribution in [0.1, 0.15) is 40.2 Å². The molecule has 7 rings (SSSR count). The number of ketones is 1. The third kappa shape index (κ3) is 9.24. The molecule has 0 saturated heterocycles. The smallest absolute Gasteiger partial charge is 0.228 e. The highest BCUT2D eigenvalue weighted by atomic mass is 16.5. The summed E-state index contributed by atoms with van der Waals surface area (Å²) in [6, 6.07) is 37.7. The number of hydrogen-bond donors (Lipinski definition) is 3. The number of rotatable bonds is 17. The van der Waals surface area contributed by atoms with Crippen LogP contribution >= 0.6 is 0 Å². The Morgan fingerprint density at radius 3 is 1.45 bits per heavy atom. The number of methoxy groups -OCH3 is 2. The second-order valence-corrected chi connectivity index (χ2v) is 13.8. The lowest BCUT2D eigenvalue weighted by Gasteiger charge is -2.09. The van der Waals surface area contributed by atoms with E-state index in [9.17, 15) is 19.8 Å². The molecule has 58 heavy (non-hydrogen) atoms. The number of amides is 1. The summed E-state index contributed by atoms with van der Waals surface area (Å²) in [5.41, 5.74) is 9.41. The monoisotopic (exact) mass is 777 g/mol. The molecule has 0 aliphatic heterocycles. The van der Waals surface area contributed by atoms with Crippen LogP contribution in [0.15, 0.2) is 130 Å². The van der Waals surface area contributed by atoms with E-state index in [1.807, 2.05) is 121 Å². The summed E-state index contributed by atoms with van der Waals surface area (Å²) < 4.78 is 22.2. The number of hydrogen-bond acceptors (Lipinski definition) is 10. The molecule has 0 saturated carbocycles. The van der Waals surface area contributed by atoms with Crippen LogP contribution in [0, 0.1) is 0 Å². The Hall–Kier alpha value is -6.82. The van der Waals surface area contributed by atoms with E-state index in [1.165, 1.54) is 0 Å². The van der Waals surface area contributed by atoms with Crippen LogP contribution in [0.5, 0.6) is 11.5 Å². The van der Waals surface area contributed by atoms with E-state index >= 15 is 0 Å². The van der Waals surface area contributed by atoms with Gasteiger partial charge in [0, 0.05) is 24.1 Å². The van der Waals surface area contributed by atoms with E-state index in [0.29, 0.717) is 53.6 Å². The summed E-state index contributed by atoms with van der Waals surface area (Å²) in [6.07, 6.45) is 0.897. The highest BCUT2D eigenvalue weighted by molar-refractivity contribution is 5.88. The first-order valence-electron chi connectivity index (χ1n) is 18.9. The van der Waals surface area contributed by atoms with Crippen LogP contribution in [-0.2, 0) is 48.6 Å². The zero-order valence-corrected chi connectivity index (χ0v) is 32.2. The molecule has 0 aliphatic carbocycles. The molecular weight excluding hydrogens is 735 g/mol. The van der Waals surface area contributed by atoms with E-state index < -0.39 is 0 Å². The molecule has 294 valence electrons. The molecule has 0 radical (unpaired) electrons. The molecule has 0 bridgehead atoms. The number of benzene rings is 5. The third-order valence-corrected chi connectivity index (χ3v) is 9.99. The molecule has 7 aromatic rings. The van der Waals surface area contributed by atoms with Gasteiger partial charge in [-0.3, -0.25) is 9.59 Å². The van der Waals surface area contributed by atoms with E-state index in [1.54, 1.807) is 14.2 Å². The maximum absolute atomic E-state index is 13.3. The lowest BCUT2D eigenvalue weighted by Crippen LogP contribution is -2.24. The van der Waals surface area contributed by atoms with Crippen LogP contribution in [0.3, 0.4) is 0 Å². The molecule has 3 N–H and O–H groups in total. The van der Waals surface area contributed by atoms with Gasteiger partial charge in [-0.15, -0.1) is 0 Å². The fourth-order valence-electron chi connectivity index (χ4n) is 6.71. The fraction of sp³-hybridized carbons (Fsp3) is 0.191. The Bertz CT molecular complexity index is 2280. The van der Waals surface area contributed by atoms with Crippen LogP contribution < -0.4 is 14.8 Å². The number of Topliss-reactive ketones (excluding diaryl/α,β-unsaturated/α-hetero) is 1. The second kappa shape index (κ2) is 18.4. The zero-order valence-electron chi connectivity index (χ0n) is 32.2. The Balaban J connectivity index is 0.973. The van der Waals surface area contributed by atoms with Gasteiger partial charge in [-0.1, -0.05) is 95.2 Å². The minimum Gasteiger partial charge on any atom is -0.497 e. The van der Waals surface area contributed by atoms with Gasteiger partial charge in [-0.25, -0.2) is 0 Å². The van der Waals surface area contributed by atoms with Gasteiger partial charge < -0.3 is 34.0 Å². The van der Waals surface area contributed by atoms with Crippen molar-refractivity contribution in [3.63, 3.8) is 0 Å². The normalized spacial score (nSPS) is 11.0. The number of carbonyl (C=O) groups excluding carboxylic acids is 2. The highest BCUT2D eigenvalue weighted by Crippen LogP contribution is 2.37. The molecule has 0 unspecified atom stereocenters. The minimum atomic E-state index is -0.228. The van der Waals surface area contributed by atoms with Crippen LogP contribution in [0.4, 0.5) is 0 Å². The van der Waals surface area contributed by atoms with E-state index in [2.05, 4.69) is 15.6 Å². The van der Waals surface area contributed by atoms with Gasteiger partial charge in [0.15, 0.2) is 11.5 Å². The first-order chi connectivity index (χ1) is 28.3. The SMILES string of the molecule is COc1ccc(-c2noc(CC(=O)CCc3ccc(CNC(=O)Cc4onc(-c5ccc(CO)cc5)c4-c4ccc(OC)cc4)cc3)c2-c2ccc(CO)cc2)cc1. The maximum atomic E-state index is 13.3. The maximum Gasteiger partial charge on any atom is 0.228 e. The molecule has 0 fully saturated rings. The van der Waals surface area contributed by atoms with E-state index in [0.717, 1.165) is 55.8 Å². The van der Waals surface area contributed by atoms with Crippen LogP contribution in [0.25, 0.3) is 44.8 Å². The molecule has 1 amide bonds. The first kappa shape index (κ1) is 39.4. The summed E-state index contributed by atoms with van der Waals surface area (Å²) in [6.45, 7) is 0.170. The summed E-state index contributed by atoms with van der Waals surface area (Å²) in [5.74, 6) is 2.11. The third-order valence-electron chi connectivity index (χ3n) is 9.99. The number of aromatic nitrogens is 2. The summed E-state index contributed by atoms with van der Waals surface area (Å²) in [5, 5.41) is 30.8. The van der Waals surface area contributed by atoms with Crippen molar-refractivity contribution in [2.75, 3.05) is 14.2 Å². The molecule has 0 spiro atoms. The molecule has 11 nitrogen and oxygen atoms in total. The van der Waals surface area contributed by atoms with E-state index in [4.69, 9.17) is 18.5 Å². The molecule has 2 heterocycles. The summed E-state index contributed by atoms with van der Waals surface area (Å²) in [4.78, 5) is 26.6. The molecule has 0 aliphatic rings. The highest BCUT2D eigenvalue weighted by Gasteiger charge is 2.23. The van der Waals surface area contributed by atoms with E-state index in [-0.39, 0.29) is 37.7 Å². The predicted molar refractivity (Wildman–Crippen MR) is 219 cm³/mol. The topological polar surface area (TPSA) is 157 Å². The average molecular weight is 778 g/mol. The van der Waals surface area contributed by atoms with Gasteiger partial charge in [0.25, 0.3) is 0 Å². The number of carbonyl (C=O) groups is 2. The number of nitrogens with zero attached hydrogens (tertiary/aromatic N) is 2. The fourth-order valence-corrected chi connectivity index (χ4v) is 6.71. The standard InChI is InChI=1S/C47H43N3O8/c1-55-39-21-16-35(17-22-39)45-42(58-50-46(45)36-14-9-33(29-52)10-15-36)26-43(54)48-27-31-5-3-30(4-6-31)11-20-38(53)25-41-44(34-12-7-32(28-51)8-13-34)47(49-57-41)37-18-23-40(56-2)24-19-37/h3-10,12-19,21-24,51-52H,11,20,25-29H2,1-2H3,(H,48,54). The average Bonchev–Trinajstić information content (AvgIpc) is 3.89. The van der Waals surface area contributed by atoms with Crippen LogP contribution in [0.2, 0.25) is 0 Å². The van der Waals surface area contributed by atoms with Gasteiger partial charge in [0.05, 0.1) is 51.4 Å². The largest absolute Gasteiger partial charge is 0.497 e. The van der Waals surface area contributed by atoms with Gasteiger partial charge in [0.1, 0.15) is 28.7 Å². The number of aliphatic hydroxyl groups is 2. The number of aryl methyl sites for hydroxylation is 1. The predicted octanol–water partition coefficient (Wildman–Crippen LogP) is 7.94. The minimum absolute atomic E-state index is 0.00811. The van der Waals surface area contributed by atoms with Crippen molar-refractivity contribution < 1.29 is 38.3 Å². The Morgan fingerprint density at radius 2 is 0.966 bits per heavy atom. The Morgan fingerprint density at radius 1 is 0.552 bits per heavy atom. The van der Waals surface area contributed by atoms with Crippen LogP contribution in [-0.4, -0.2) is 46.4 Å².